The molecule has 1 fully saturated rings. The SMILES string of the molecule is CCC1(CCC(=O)OC)CCC(=O)O1. The van der Waals surface area contributed by atoms with E-state index < -0.39 is 5.60 Å². The zero-order valence-electron chi connectivity index (χ0n) is 8.67. The highest BCUT2D eigenvalue weighted by Crippen LogP contribution is 2.34. The standard InChI is InChI=1S/C10H16O4/c1-3-10(6-4-8(11)13-2)7-5-9(12)14-10/h3-7H2,1-2H3. The van der Waals surface area contributed by atoms with E-state index in [1.54, 1.807) is 0 Å². The first-order valence-electron chi connectivity index (χ1n) is 4.90. The maximum atomic E-state index is 11.0. The van der Waals surface area contributed by atoms with Crippen molar-refractivity contribution in [2.45, 2.75) is 44.6 Å². The Morgan fingerprint density at radius 1 is 1.64 bits per heavy atom. The first kappa shape index (κ1) is 11.0. The van der Waals surface area contributed by atoms with Gasteiger partial charge in [0.05, 0.1) is 7.11 Å². The van der Waals surface area contributed by atoms with Crippen LogP contribution in [-0.4, -0.2) is 24.6 Å². The number of esters is 2. The van der Waals surface area contributed by atoms with Crippen LogP contribution in [0.1, 0.15) is 39.0 Å². The molecule has 1 saturated heterocycles. The number of carbonyl (C=O) groups excluding carboxylic acids is 2. The number of carbonyl (C=O) groups is 2. The minimum atomic E-state index is -0.411. The first-order chi connectivity index (χ1) is 6.62. The summed E-state index contributed by atoms with van der Waals surface area (Å²) in [5.74, 6) is -0.405. The summed E-state index contributed by atoms with van der Waals surface area (Å²) in [6.07, 6.45) is 2.84. The molecule has 0 radical (unpaired) electrons. The molecule has 1 unspecified atom stereocenters. The normalized spacial score (nSPS) is 26.0. The summed E-state index contributed by atoms with van der Waals surface area (Å²) in [5, 5.41) is 0. The largest absolute Gasteiger partial charge is 0.469 e. The Morgan fingerprint density at radius 3 is 2.79 bits per heavy atom. The van der Waals surface area contributed by atoms with E-state index in [0.717, 1.165) is 12.8 Å². The van der Waals surface area contributed by atoms with Gasteiger partial charge < -0.3 is 9.47 Å². The molecule has 0 spiro atoms. The van der Waals surface area contributed by atoms with Crippen molar-refractivity contribution in [1.29, 1.82) is 0 Å². The monoisotopic (exact) mass is 200 g/mol. The molecule has 1 atom stereocenters. The van der Waals surface area contributed by atoms with Crippen molar-refractivity contribution in [3.8, 4) is 0 Å². The van der Waals surface area contributed by atoms with Crippen LogP contribution >= 0.6 is 0 Å². The molecule has 0 aliphatic carbocycles. The van der Waals surface area contributed by atoms with E-state index in [9.17, 15) is 9.59 Å². The van der Waals surface area contributed by atoms with Crippen LogP contribution in [0.5, 0.6) is 0 Å². The van der Waals surface area contributed by atoms with Gasteiger partial charge >= 0.3 is 11.9 Å². The predicted molar refractivity (Wildman–Crippen MR) is 49.6 cm³/mol. The molecule has 1 aliphatic heterocycles. The van der Waals surface area contributed by atoms with E-state index in [4.69, 9.17) is 4.74 Å². The molecular formula is C10H16O4. The minimum absolute atomic E-state index is 0.156. The second-order valence-corrected chi connectivity index (χ2v) is 3.59. The van der Waals surface area contributed by atoms with Crippen molar-refractivity contribution in [3.05, 3.63) is 0 Å². The van der Waals surface area contributed by atoms with E-state index in [-0.39, 0.29) is 11.9 Å². The van der Waals surface area contributed by atoms with Crippen molar-refractivity contribution in [1.82, 2.24) is 0 Å². The zero-order valence-corrected chi connectivity index (χ0v) is 8.67. The number of rotatable bonds is 4. The average Bonchev–Trinajstić information content (AvgIpc) is 2.57. The van der Waals surface area contributed by atoms with Gasteiger partial charge in [-0.05, 0) is 19.3 Å². The van der Waals surface area contributed by atoms with Crippen molar-refractivity contribution in [2.24, 2.45) is 0 Å². The van der Waals surface area contributed by atoms with Gasteiger partial charge in [0.2, 0.25) is 0 Å². The molecule has 0 saturated carbocycles. The number of hydrogen-bond acceptors (Lipinski definition) is 4. The summed E-state index contributed by atoms with van der Waals surface area (Å²) < 4.78 is 9.79. The highest BCUT2D eigenvalue weighted by atomic mass is 16.6. The summed E-state index contributed by atoms with van der Waals surface area (Å²) in [6.45, 7) is 1.97. The second-order valence-electron chi connectivity index (χ2n) is 3.59. The first-order valence-corrected chi connectivity index (χ1v) is 4.90. The lowest BCUT2D eigenvalue weighted by molar-refractivity contribution is -0.152. The summed E-state index contributed by atoms with van der Waals surface area (Å²) in [7, 11) is 1.36. The number of hydrogen-bond donors (Lipinski definition) is 0. The van der Waals surface area contributed by atoms with Crippen molar-refractivity contribution in [2.75, 3.05) is 7.11 Å². The summed E-state index contributed by atoms with van der Waals surface area (Å²) >= 11 is 0. The van der Waals surface area contributed by atoms with Gasteiger partial charge in [-0.2, -0.15) is 0 Å². The van der Waals surface area contributed by atoms with Gasteiger partial charge in [-0.15, -0.1) is 0 Å². The van der Waals surface area contributed by atoms with Gasteiger partial charge in [-0.1, -0.05) is 6.92 Å². The van der Waals surface area contributed by atoms with Crippen molar-refractivity contribution >= 4 is 11.9 Å². The van der Waals surface area contributed by atoms with E-state index in [0.29, 0.717) is 19.3 Å². The Balaban J connectivity index is 2.46. The van der Waals surface area contributed by atoms with Gasteiger partial charge in [0, 0.05) is 12.8 Å². The maximum Gasteiger partial charge on any atom is 0.306 e. The number of cyclic esters (lactones) is 1. The predicted octanol–water partition coefficient (Wildman–Crippen LogP) is 1.43. The third kappa shape index (κ3) is 2.47. The van der Waals surface area contributed by atoms with Gasteiger partial charge in [0.1, 0.15) is 5.60 Å². The fourth-order valence-electron chi connectivity index (χ4n) is 1.71. The van der Waals surface area contributed by atoms with Crippen LogP contribution in [0.15, 0.2) is 0 Å². The van der Waals surface area contributed by atoms with E-state index in [2.05, 4.69) is 4.74 Å². The van der Waals surface area contributed by atoms with Crippen LogP contribution in [-0.2, 0) is 19.1 Å². The lowest BCUT2D eigenvalue weighted by Gasteiger charge is -2.25. The maximum absolute atomic E-state index is 11.0. The molecule has 0 bridgehead atoms. The third-order valence-corrected chi connectivity index (χ3v) is 2.77. The van der Waals surface area contributed by atoms with Gasteiger partial charge in [-0.3, -0.25) is 9.59 Å². The fraction of sp³-hybridized carbons (Fsp3) is 0.800. The molecular weight excluding hydrogens is 184 g/mol. The summed E-state index contributed by atoms with van der Waals surface area (Å²) in [5.41, 5.74) is -0.411. The molecule has 1 rings (SSSR count). The van der Waals surface area contributed by atoms with Gasteiger partial charge in [0.25, 0.3) is 0 Å². The smallest absolute Gasteiger partial charge is 0.306 e. The highest BCUT2D eigenvalue weighted by molar-refractivity contribution is 5.73. The Labute approximate surface area is 83.6 Å². The van der Waals surface area contributed by atoms with Crippen LogP contribution in [0, 0.1) is 0 Å². The van der Waals surface area contributed by atoms with Crippen molar-refractivity contribution in [3.63, 3.8) is 0 Å². The Hall–Kier alpha value is -1.06. The minimum Gasteiger partial charge on any atom is -0.469 e. The quantitative estimate of drug-likeness (QED) is 0.644. The van der Waals surface area contributed by atoms with Crippen LogP contribution in [0.2, 0.25) is 0 Å². The molecule has 0 aromatic rings. The molecule has 1 heterocycles. The summed E-state index contributed by atoms with van der Waals surface area (Å²) in [6, 6.07) is 0. The average molecular weight is 200 g/mol. The fourth-order valence-corrected chi connectivity index (χ4v) is 1.71. The lowest BCUT2D eigenvalue weighted by atomic mass is 9.91. The highest BCUT2D eigenvalue weighted by Gasteiger charge is 2.38. The Kier molecular flexibility index (Phi) is 3.49. The molecule has 0 amide bonds. The molecule has 80 valence electrons. The molecule has 14 heavy (non-hydrogen) atoms. The lowest BCUT2D eigenvalue weighted by Crippen LogP contribution is -2.28. The topological polar surface area (TPSA) is 52.6 Å². The molecule has 4 heteroatoms. The summed E-state index contributed by atoms with van der Waals surface area (Å²) in [4.78, 5) is 21.9. The molecule has 0 aromatic heterocycles. The van der Waals surface area contributed by atoms with Crippen molar-refractivity contribution < 1.29 is 19.1 Å². The number of methoxy groups -OCH3 is 1. The molecule has 4 nitrogen and oxygen atoms in total. The third-order valence-electron chi connectivity index (χ3n) is 2.77. The molecule has 0 aromatic carbocycles. The zero-order chi connectivity index (χ0) is 10.6. The Morgan fingerprint density at radius 2 is 2.36 bits per heavy atom. The molecule has 0 N–H and O–H groups in total. The van der Waals surface area contributed by atoms with Gasteiger partial charge in [0.15, 0.2) is 0 Å². The van der Waals surface area contributed by atoms with Gasteiger partial charge in [-0.25, -0.2) is 0 Å². The van der Waals surface area contributed by atoms with Crippen LogP contribution < -0.4 is 0 Å². The van der Waals surface area contributed by atoms with Crippen LogP contribution in [0.25, 0.3) is 0 Å². The van der Waals surface area contributed by atoms with Crippen LogP contribution in [0.3, 0.4) is 0 Å². The van der Waals surface area contributed by atoms with E-state index >= 15 is 0 Å². The second kappa shape index (κ2) is 4.44. The molecule has 1 aliphatic rings. The Bertz CT molecular complexity index is 236. The van der Waals surface area contributed by atoms with E-state index in [1.165, 1.54) is 7.11 Å². The van der Waals surface area contributed by atoms with E-state index in [1.807, 2.05) is 6.92 Å². The number of ether oxygens (including phenoxy) is 2. The van der Waals surface area contributed by atoms with Crippen LogP contribution in [0.4, 0.5) is 0 Å².